The van der Waals surface area contributed by atoms with Crippen molar-refractivity contribution in [2.75, 3.05) is 19.6 Å². The molecule has 122 valence electrons. The fourth-order valence-corrected chi connectivity index (χ4v) is 3.18. The fourth-order valence-electron chi connectivity index (χ4n) is 3.18. The van der Waals surface area contributed by atoms with E-state index < -0.39 is 5.41 Å². The Bertz CT molecular complexity index is 481. The molecule has 1 aliphatic rings. The van der Waals surface area contributed by atoms with Gasteiger partial charge in [-0.05, 0) is 58.6 Å². The predicted octanol–water partition coefficient (Wildman–Crippen LogP) is 3.20. The summed E-state index contributed by atoms with van der Waals surface area (Å²) < 4.78 is 0. The van der Waals surface area contributed by atoms with Gasteiger partial charge in [0, 0.05) is 19.1 Å². The minimum absolute atomic E-state index is 0.125. The Balaban J connectivity index is 1.89. The number of carbonyl (C=O) groups excluding carboxylic acids is 1. The zero-order valence-electron chi connectivity index (χ0n) is 14.4. The van der Waals surface area contributed by atoms with Crippen LogP contribution in [0.4, 0.5) is 0 Å². The molecule has 1 heterocycles. The molecule has 1 N–H and O–H groups in total. The smallest absolute Gasteiger partial charge is 0.230 e. The summed E-state index contributed by atoms with van der Waals surface area (Å²) in [4.78, 5) is 15.1. The number of amides is 1. The van der Waals surface area contributed by atoms with Crippen molar-refractivity contribution in [3.05, 3.63) is 35.9 Å². The van der Waals surface area contributed by atoms with Crippen LogP contribution in [0.2, 0.25) is 0 Å². The highest BCUT2D eigenvalue weighted by Gasteiger charge is 2.30. The second kappa shape index (κ2) is 7.28. The van der Waals surface area contributed by atoms with Gasteiger partial charge in [-0.1, -0.05) is 30.3 Å². The van der Waals surface area contributed by atoms with Crippen LogP contribution in [0.1, 0.15) is 46.1 Å². The molecule has 1 fully saturated rings. The van der Waals surface area contributed by atoms with Gasteiger partial charge in [-0.25, -0.2) is 0 Å². The lowest BCUT2D eigenvalue weighted by atomic mass is 9.83. The Kier molecular flexibility index (Phi) is 5.63. The Morgan fingerprint density at radius 1 is 1.32 bits per heavy atom. The predicted molar refractivity (Wildman–Crippen MR) is 91.9 cm³/mol. The number of likely N-dealkylation sites (tertiary alicyclic amines) is 1. The molecule has 1 aliphatic heterocycles. The molecule has 1 saturated heterocycles. The van der Waals surface area contributed by atoms with Crippen LogP contribution in [0.25, 0.3) is 0 Å². The van der Waals surface area contributed by atoms with E-state index in [4.69, 9.17) is 0 Å². The quantitative estimate of drug-likeness (QED) is 0.906. The zero-order chi connectivity index (χ0) is 16.2. The van der Waals surface area contributed by atoms with E-state index in [0.29, 0.717) is 12.0 Å². The number of hydrogen-bond acceptors (Lipinski definition) is 2. The average Bonchev–Trinajstić information content (AvgIpc) is 2.53. The normalized spacial score (nSPS) is 20.1. The van der Waals surface area contributed by atoms with Crippen molar-refractivity contribution < 1.29 is 4.79 Å². The van der Waals surface area contributed by atoms with Gasteiger partial charge in [-0.15, -0.1) is 0 Å². The molecule has 22 heavy (non-hydrogen) atoms. The summed E-state index contributed by atoms with van der Waals surface area (Å²) in [7, 11) is 0. The van der Waals surface area contributed by atoms with Crippen LogP contribution in [-0.2, 0) is 10.2 Å². The van der Waals surface area contributed by atoms with Gasteiger partial charge in [-0.2, -0.15) is 0 Å². The number of nitrogens with one attached hydrogen (secondary N) is 1. The van der Waals surface area contributed by atoms with Crippen LogP contribution in [0.15, 0.2) is 30.3 Å². The second-order valence-corrected chi connectivity index (χ2v) is 7.30. The van der Waals surface area contributed by atoms with Crippen LogP contribution in [0.3, 0.4) is 0 Å². The highest BCUT2D eigenvalue weighted by molar-refractivity contribution is 5.87. The van der Waals surface area contributed by atoms with Crippen molar-refractivity contribution in [3.8, 4) is 0 Å². The van der Waals surface area contributed by atoms with Gasteiger partial charge in [0.2, 0.25) is 5.91 Å². The summed E-state index contributed by atoms with van der Waals surface area (Å²) in [6, 6.07) is 10.6. The van der Waals surface area contributed by atoms with Gasteiger partial charge >= 0.3 is 0 Å². The van der Waals surface area contributed by atoms with E-state index >= 15 is 0 Å². The van der Waals surface area contributed by atoms with Gasteiger partial charge in [0.05, 0.1) is 5.41 Å². The molecule has 3 heteroatoms. The number of hydrogen-bond donors (Lipinski definition) is 1. The van der Waals surface area contributed by atoms with E-state index in [1.807, 2.05) is 44.2 Å². The SMILES string of the molecule is CC(C)N1CCCC(CNC(=O)C(C)(C)c2ccccc2)C1. The Labute approximate surface area is 135 Å². The van der Waals surface area contributed by atoms with Crippen molar-refractivity contribution in [1.29, 1.82) is 0 Å². The first-order valence-corrected chi connectivity index (χ1v) is 8.49. The van der Waals surface area contributed by atoms with Gasteiger partial charge in [0.1, 0.15) is 0 Å². The van der Waals surface area contributed by atoms with E-state index in [1.165, 1.54) is 19.4 Å². The minimum atomic E-state index is -0.479. The topological polar surface area (TPSA) is 32.3 Å². The molecule has 1 aromatic carbocycles. The minimum Gasteiger partial charge on any atom is -0.355 e. The van der Waals surface area contributed by atoms with E-state index in [2.05, 4.69) is 24.1 Å². The van der Waals surface area contributed by atoms with Gasteiger partial charge in [-0.3, -0.25) is 4.79 Å². The molecule has 1 unspecified atom stereocenters. The Morgan fingerprint density at radius 3 is 2.64 bits per heavy atom. The lowest BCUT2D eigenvalue weighted by Gasteiger charge is -2.36. The first-order valence-electron chi connectivity index (χ1n) is 8.49. The Morgan fingerprint density at radius 2 is 2.00 bits per heavy atom. The van der Waals surface area contributed by atoms with Crippen LogP contribution >= 0.6 is 0 Å². The Hall–Kier alpha value is -1.35. The van der Waals surface area contributed by atoms with Crippen molar-refractivity contribution in [3.63, 3.8) is 0 Å². The monoisotopic (exact) mass is 302 g/mol. The highest BCUT2D eigenvalue weighted by Crippen LogP contribution is 2.23. The maximum atomic E-state index is 12.6. The molecule has 1 amide bonds. The van der Waals surface area contributed by atoms with Crippen LogP contribution in [0.5, 0.6) is 0 Å². The molecule has 0 bridgehead atoms. The number of rotatable bonds is 5. The fraction of sp³-hybridized carbons (Fsp3) is 0.632. The molecule has 0 radical (unpaired) electrons. The standard InChI is InChI=1S/C19H30N2O/c1-15(2)21-12-8-9-16(14-21)13-20-18(22)19(3,4)17-10-6-5-7-11-17/h5-7,10-11,15-16H,8-9,12-14H2,1-4H3,(H,20,22). The van der Waals surface area contributed by atoms with E-state index in [0.717, 1.165) is 18.7 Å². The van der Waals surface area contributed by atoms with E-state index in [9.17, 15) is 4.79 Å². The lowest BCUT2D eigenvalue weighted by Crippen LogP contribution is -2.46. The van der Waals surface area contributed by atoms with Gasteiger partial charge in [0.15, 0.2) is 0 Å². The van der Waals surface area contributed by atoms with Crippen LogP contribution in [0, 0.1) is 5.92 Å². The molecular formula is C19H30N2O. The molecule has 0 spiro atoms. The number of carbonyl (C=O) groups is 1. The van der Waals surface area contributed by atoms with Crippen LogP contribution < -0.4 is 5.32 Å². The zero-order valence-corrected chi connectivity index (χ0v) is 14.4. The van der Waals surface area contributed by atoms with Crippen molar-refractivity contribution >= 4 is 5.91 Å². The van der Waals surface area contributed by atoms with Crippen LogP contribution in [-0.4, -0.2) is 36.5 Å². The highest BCUT2D eigenvalue weighted by atomic mass is 16.2. The summed E-state index contributed by atoms with van der Waals surface area (Å²) in [6.07, 6.45) is 2.45. The largest absolute Gasteiger partial charge is 0.355 e. The maximum Gasteiger partial charge on any atom is 0.230 e. The lowest BCUT2D eigenvalue weighted by molar-refractivity contribution is -0.125. The third-order valence-corrected chi connectivity index (χ3v) is 4.90. The van der Waals surface area contributed by atoms with E-state index in [1.54, 1.807) is 0 Å². The van der Waals surface area contributed by atoms with Gasteiger partial charge in [0.25, 0.3) is 0 Å². The summed E-state index contributed by atoms with van der Waals surface area (Å²) in [5, 5.41) is 3.19. The summed E-state index contributed by atoms with van der Waals surface area (Å²) in [6.45, 7) is 11.6. The number of benzene rings is 1. The maximum absolute atomic E-state index is 12.6. The van der Waals surface area contributed by atoms with Crippen molar-refractivity contribution in [1.82, 2.24) is 10.2 Å². The number of nitrogens with zero attached hydrogens (tertiary/aromatic N) is 1. The third kappa shape index (κ3) is 4.10. The first-order chi connectivity index (χ1) is 10.4. The summed E-state index contributed by atoms with van der Waals surface area (Å²) in [5.74, 6) is 0.701. The van der Waals surface area contributed by atoms with E-state index in [-0.39, 0.29) is 5.91 Å². The molecule has 0 aliphatic carbocycles. The molecular weight excluding hydrogens is 272 g/mol. The van der Waals surface area contributed by atoms with Crippen molar-refractivity contribution in [2.24, 2.45) is 5.92 Å². The van der Waals surface area contributed by atoms with Crippen molar-refractivity contribution in [2.45, 2.75) is 52.0 Å². The second-order valence-electron chi connectivity index (χ2n) is 7.30. The molecule has 0 saturated carbocycles. The average molecular weight is 302 g/mol. The first kappa shape index (κ1) is 17.0. The molecule has 0 aromatic heterocycles. The summed E-state index contributed by atoms with van der Waals surface area (Å²) >= 11 is 0. The molecule has 2 rings (SSSR count). The molecule has 3 nitrogen and oxygen atoms in total. The number of piperidine rings is 1. The molecule has 1 atom stereocenters. The van der Waals surface area contributed by atoms with Gasteiger partial charge < -0.3 is 10.2 Å². The third-order valence-electron chi connectivity index (χ3n) is 4.90. The summed E-state index contributed by atoms with van der Waals surface area (Å²) in [5.41, 5.74) is 0.591. The molecule has 1 aromatic rings.